The number of amides is 2. The Morgan fingerprint density at radius 1 is 1.39 bits per heavy atom. The number of carbonyl (C=O) groups excluding carboxylic acids is 2. The van der Waals surface area contributed by atoms with E-state index in [1.54, 1.807) is 11.0 Å². The van der Waals surface area contributed by atoms with Crippen LogP contribution in [-0.4, -0.2) is 36.3 Å². The van der Waals surface area contributed by atoms with Crippen molar-refractivity contribution in [3.8, 4) is 0 Å². The quantitative estimate of drug-likeness (QED) is 0.873. The number of halogens is 1. The van der Waals surface area contributed by atoms with E-state index in [1.807, 2.05) is 13.8 Å². The molecule has 5 nitrogen and oxygen atoms in total. The van der Waals surface area contributed by atoms with Crippen LogP contribution in [-0.2, 0) is 4.79 Å². The molecular weight excluding hydrogens is 300 g/mol. The standard InChI is InChI=1S/C12H17BrN2O3/c1-3-15(4-2)10(16)5-7-14-12(17)9-6-8-18-11(9)13/h6,8H,3-5,7H2,1-2H3,(H,14,17). The minimum Gasteiger partial charge on any atom is -0.457 e. The highest BCUT2D eigenvalue weighted by Crippen LogP contribution is 2.16. The van der Waals surface area contributed by atoms with Crippen LogP contribution in [0.2, 0.25) is 0 Å². The summed E-state index contributed by atoms with van der Waals surface area (Å²) in [6, 6.07) is 1.58. The Morgan fingerprint density at radius 3 is 2.56 bits per heavy atom. The van der Waals surface area contributed by atoms with Crippen molar-refractivity contribution in [3.63, 3.8) is 0 Å². The molecule has 1 aromatic heterocycles. The fourth-order valence-corrected chi connectivity index (χ4v) is 1.99. The molecular formula is C12H17BrN2O3. The van der Waals surface area contributed by atoms with Gasteiger partial charge in [0.2, 0.25) is 5.91 Å². The number of furan rings is 1. The molecule has 18 heavy (non-hydrogen) atoms. The molecule has 0 fully saturated rings. The second kappa shape index (κ2) is 7.20. The zero-order valence-electron chi connectivity index (χ0n) is 10.5. The molecule has 0 aromatic carbocycles. The predicted molar refractivity (Wildman–Crippen MR) is 71.3 cm³/mol. The Kier molecular flexibility index (Phi) is 5.91. The van der Waals surface area contributed by atoms with Crippen molar-refractivity contribution in [2.24, 2.45) is 0 Å². The highest BCUT2D eigenvalue weighted by Gasteiger charge is 2.13. The van der Waals surface area contributed by atoms with Crippen LogP contribution >= 0.6 is 15.9 Å². The normalized spacial score (nSPS) is 10.2. The van der Waals surface area contributed by atoms with Crippen LogP contribution in [0.5, 0.6) is 0 Å². The SMILES string of the molecule is CCN(CC)C(=O)CCNC(=O)c1ccoc1Br. The van der Waals surface area contributed by atoms with Gasteiger partial charge in [-0.2, -0.15) is 0 Å². The van der Waals surface area contributed by atoms with Crippen molar-refractivity contribution < 1.29 is 14.0 Å². The average molecular weight is 317 g/mol. The van der Waals surface area contributed by atoms with Gasteiger partial charge >= 0.3 is 0 Å². The second-order valence-electron chi connectivity index (χ2n) is 3.68. The van der Waals surface area contributed by atoms with E-state index in [-0.39, 0.29) is 11.8 Å². The molecule has 0 unspecified atom stereocenters. The van der Waals surface area contributed by atoms with E-state index in [0.717, 1.165) is 0 Å². The van der Waals surface area contributed by atoms with Gasteiger partial charge in [-0.1, -0.05) is 0 Å². The van der Waals surface area contributed by atoms with Gasteiger partial charge in [-0.3, -0.25) is 9.59 Å². The van der Waals surface area contributed by atoms with Crippen LogP contribution in [0.25, 0.3) is 0 Å². The zero-order chi connectivity index (χ0) is 13.5. The average Bonchev–Trinajstić information content (AvgIpc) is 2.77. The summed E-state index contributed by atoms with van der Waals surface area (Å²) in [4.78, 5) is 25.1. The third-order valence-corrected chi connectivity index (χ3v) is 3.22. The molecule has 0 aliphatic rings. The van der Waals surface area contributed by atoms with E-state index in [0.29, 0.717) is 36.3 Å². The van der Waals surface area contributed by atoms with Crippen molar-refractivity contribution in [1.29, 1.82) is 0 Å². The summed E-state index contributed by atoms with van der Waals surface area (Å²) >= 11 is 3.13. The van der Waals surface area contributed by atoms with Crippen LogP contribution < -0.4 is 5.32 Å². The molecule has 6 heteroatoms. The molecule has 100 valence electrons. The molecule has 0 radical (unpaired) electrons. The minimum atomic E-state index is -0.247. The summed E-state index contributed by atoms with van der Waals surface area (Å²) in [6.07, 6.45) is 1.74. The smallest absolute Gasteiger partial charge is 0.255 e. The summed E-state index contributed by atoms with van der Waals surface area (Å²) in [5.41, 5.74) is 0.435. The Morgan fingerprint density at radius 2 is 2.06 bits per heavy atom. The first-order valence-corrected chi connectivity index (χ1v) is 6.68. The summed E-state index contributed by atoms with van der Waals surface area (Å²) < 4.78 is 5.36. The van der Waals surface area contributed by atoms with Gasteiger partial charge in [0, 0.05) is 26.1 Å². The molecule has 1 aromatic rings. The monoisotopic (exact) mass is 316 g/mol. The van der Waals surface area contributed by atoms with E-state index < -0.39 is 0 Å². The fourth-order valence-electron chi connectivity index (χ4n) is 1.57. The second-order valence-corrected chi connectivity index (χ2v) is 4.40. The highest BCUT2D eigenvalue weighted by atomic mass is 79.9. The number of nitrogens with zero attached hydrogens (tertiary/aromatic N) is 1. The first-order valence-electron chi connectivity index (χ1n) is 5.89. The molecule has 1 N–H and O–H groups in total. The molecule has 0 aliphatic heterocycles. The Balaban J connectivity index is 2.36. The summed E-state index contributed by atoms with van der Waals surface area (Å²) in [5.74, 6) is -0.200. The van der Waals surface area contributed by atoms with E-state index in [4.69, 9.17) is 4.42 Å². The van der Waals surface area contributed by atoms with E-state index >= 15 is 0 Å². The van der Waals surface area contributed by atoms with E-state index in [9.17, 15) is 9.59 Å². The van der Waals surface area contributed by atoms with Crippen molar-refractivity contribution in [1.82, 2.24) is 10.2 Å². The van der Waals surface area contributed by atoms with Gasteiger partial charge in [0.25, 0.3) is 5.91 Å². The van der Waals surface area contributed by atoms with Crippen LogP contribution in [0.4, 0.5) is 0 Å². The summed E-state index contributed by atoms with van der Waals surface area (Å²) in [7, 11) is 0. The van der Waals surface area contributed by atoms with Gasteiger partial charge in [-0.15, -0.1) is 0 Å². The lowest BCUT2D eigenvalue weighted by atomic mass is 10.3. The van der Waals surface area contributed by atoms with Gasteiger partial charge in [-0.05, 0) is 35.8 Å². The predicted octanol–water partition coefficient (Wildman–Crippen LogP) is 2.03. The first kappa shape index (κ1) is 14.8. The Labute approximate surface area is 115 Å². The summed E-state index contributed by atoms with van der Waals surface area (Å²) in [5, 5.41) is 2.68. The molecule has 1 rings (SSSR count). The van der Waals surface area contributed by atoms with Gasteiger partial charge in [0.05, 0.1) is 11.8 Å². The zero-order valence-corrected chi connectivity index (χ0v) is 12.1. The third-order valence-electron chi connectivity index (χ3n) is 2.60. The maximum atomic E-state index is 11.7. The number of nitrogens with one attached hydrogen (secondary N) is 1. The summed E-state index contributed by atoms with van der Waals surface area (Å²) in [6.45, 7) is 5.57. The number of hydrogen-bond donors (Lipinski definition) is 1. The Hall–Kier alpha value is -1.30. The van der Waals surface area contributed by atoms with E-state index in [1.165, 1.54) is 6.26 Å². The van der Waals surface area contributed by atoms with Gasteiger partial charge in [0.1, 0.15) is 0 Å². The number of carbonyl (C=O) groups is 2. The van der Waals surface area contributed by atoms with Crippen molar-refractivity contribution in [2.75, 3.05) is 19.6 Å². The molecule has 0 aliphatic carbocycles. The Bertz CT molecular complexity index is 413. The maximum Gasteiger partial charge on any atom is 0.255 e. The molecule has 0 bridgehead atoms. The number of rotatable bonds is 6. The van der Waals surface area contributed by atoms with Crippen LogP contribution in [0.3, 0.4) is 0 Å². The molecule has 0 saturated carbocycles. The molecule has 0 spiro atoms. The molecule has 0 saturated heterocycles. The highest BCUT2D eigenvalue weighted by molar-refractivity contribution is 9.10. The van der Waals surface area contributed by atoms with Crippen LogP contribution in [0.1, 0.15) is 30.6 Å². The van der Waals surface area contributed by atoms with Crippen LogP contribution in [0, 0.1) is 0 Å². The van der Waals surface area contributed by atoms with E-state index in [2.05, 4.69) is 21.2 Å². The van der Waals surface area contributed by atoms with Gasteiger partial charge < -0.3 is 14.6 Å². The number of hydrogen-bond acceptors (Lipinski definition) is 3. The van der Waals surface area contributed by atoms with Crippen molar-refractivity contribution in [3.05, 3.63) is 22.6 Å². The lowest BCUT2D eigenvalue weighted by Crippen LogP contribution is -2.34. The van der Waals surface area contributed by atoms with Crippen molar-refractivity contribution >= 4 is 27.7 Å². The van der Waals surface area contributed by atoms with Gasteiger partial charge in [-0.25, -0.2) is 0 Å². The minimum absolute atomic E-state index is 0.0477. The van der Waals surface area contributed by atoms with Crippen LogP contribution in [0.15, 0.2) is 21.4 Å². The molecule has 2 amide bonds. The fraction of sp³-hybridized carbons (Fsp3) is 0.500. The third kappa shape index (κ3) is 3.87. The molecule has 1 heterocycles. The maximum absolute atomic E-state index is 11.7. The van der Waals surface area contributed by atoms with Crippen molar-refractivity contribution in [2.45, 2.75) is 20.3 Å². The topological polar surface area (TPSA) is 62.6 Å². The lowest BCUT2D eigenvalue weighted by Gasteiger charge is -2.18. The van der Waals surface area contributed by atoms with Gasteiger partial charge in [0.15, 0.2) is 4.67 Å². The largest absolute Gasteiger partial charge is 0.457 e. The molecule has 0 atom stereocenters. The lowest BCUT2D eigenvalue weighted by molar-refractivity contribution is -0.130. The first-order chi connectivity index (χ1) is 8.60.